The summed E-state index contributed by atoms with van der Waals surface area (Å²) in [5, 5.41) is 4.45. The predicted octanol–water partition coefficient (Wildman–Crippen LogP) is 2.38. The maximum Gasteiger partial charge on any atom is 0.194 e. The van der Waals surface area contributed by atoms with E-state index in [0.717, 1.165) is 27.8 Å². The summed E-state index contributed by atoms with van der Waals surface area (Å²) in [5.41, 5.74) is 3.14. The van der Waals surface area contributed by atoms with Gasteiger partial charge in [-0.05, 0) is 38.1 Å². The van der Waals surface area contributed by atoms with E-state index in [0.29, 0.717) is 5.16 Å². The summed E-state index contributed by atoms with van der Waals surface area (Å²) in [6.45, 7) is 6.01. The first kappa shape index (κ1) is 12.8. The Morgan fingerprint density at radius 2 is 1.67 bits per heavy atom. The van der Waals surface area contributed by atoms with Gasteiger partial charge < -0.3 is 5.32 Å². The molecule has 0 aromatic carbocycles. The summed E-state index contributed by atoms with van der Waals surface area (Å²) in [6, 6.07) is 0. The zero-order valence-corrected chi connectivity index (χ0v) is 11.7. The molecule has 6 heteroatoms. The van der Waals surface area contributed by atoms with Gasteiger partial charge in [0, 0.05) is 18.4 Å². The van der Waals surface area contributed by atoms with Crippen molar-refractivity contribution in [2.75, 3.05) is 12.4 Å². The summed E-state index contributed by atoms with van der Waals surface area (Å²) in [4.78, 5) is 17.4. The monoisotopic (exact) mass is 261 g/mol. The minimum atomic E-state index is 0.707. The second-order valence-electron chi connectivity index (χ2n) is 3.90. The summed E-state index contributed by atoms with van der Waals surface area (Å²) in [5.74, 6) is 0.737. The summed E-state index contributed by atoms with van der Waals surface area (Å²) in [6.07, 6.45) is 3.38. The predicted molar refractivity (Wildman–Crippen MR) is 71.9 cm³/mol. The van der Waals surface area contributed by atoms with Gasteiger partial charge >= 0.3 is 0 Å². The van der Waals surface area contributed by atoms with Crippen molar-refractivity contribution >= 4 is 17.6 Å². The van der Waals surface area contributed by atoms with Gasteiger partial charge in [0.2, 0.25) is 0 Å². The third-order valence-corrected chi connectivity index (χ3v) is 3.45. The van der Waals surface area contributed by atoms with Gasteiger partial charge in [-0.15, -0.1) is 0 Å². The van der Waals surface area contributed by atoms with Gasteiger partial charge in [0.1, 0.15) is 10.8 Å². The Morgan fingerprint density at radius 3 is 2.28 bits per heavy atom. The third-order valence-electron chi connectivity index (χ3n) is 2.68. The van der Waals surface area contributed by atoms with Crippen LogP contribution in [0, 0.1) is 20.8 Å². The lowest BCUT2D eigenvalue weighted by atomic mass is 10.2. The van der Waals surface area contributed by atoms with Crippen molar-refractivity contribution < 1.29 is 0 Å². The molecular weight excluding hydrogens is 246 g/mol. The molecule has 0 bridgehead atoms. The number of nitrogens with zero attached hydrogens (tertiary/aromatic N) is 4. The second kappa shape index (κ2) is 5.30. The molecule has 94 valence electrons. The molecule has 0 radical (unpaired) electrons. The average molecular weight is 261 g/mol. The molecule has 2 aromatic heterocycles. The van der Waals surface area contributed by atoms with Crippen LogP contribution in [-0.4, -0.2) is 27.0 Å². The second-order valence-corrected chi connectivity index (χ2v) is 4.88. The molecule has 0 saturated carbocycles. The van der Waals surface area contributed by atoms with Crippen LogP contribution in [0.1, 0.15) is 17.0 Å². The minimum absolute atomic E-state index is 0.707. The van der Waals surface area contributed by atoms with Crippen LogP contribution in [0.3, 0.4) is 0 Å². The van der Waals surface area contributed by atoms with E-state index in [9.17, 15) is 0 Å². The molecule has 5 nitrogen and oxygen atoms in total. The van der Waals surface area contributed by atoms with Crippen molar-refractivity contribution in [3.63, 3.8) is 0 Å². The fourth-order valence-electron chi connectivity index (χ4n) is 1.40. The summed E-state index contributed by atoms with van der Waals surface area (Å²) < 4.78 is 0. The number of rotatable bonds is 3. The Bertz CT molecular complexity index is 547. The van der Waals surface area contributed by atoms with Gasteiger partial charge in [0.25, 0.3) is 0 Å². The third kappa shape index (κ3) is 2.76. The van der Waals surface area contributed by atoms with E-state index in [2.05, 4.69) is 25.3 Å². The molecule has 2 heterocycles. The maximum atomic E-state index is 4.45. The molecular formula is C12H15N5S. The first-order chi connectivity index (χ1) is 8.60. The fourth-order valence-corrected chi connectivity index (χ4v) is 2.21. The van der Waals surface area contributed by atoms with Gasteiger partial charge in [0.15, 0.2) is 5.16 Å². The molecule has 0 spiro atoms. The normalized spacial score (nSPS) is 10.4. The van der Waals surface area contributed by atoms with Gasteiger partial charge in [-0.2, -0.15) is 0 Å². The van der Waals surface area contributed by atoms with Crippen LogP contribution in [0.4, 0.5) is 5.82 Å². The number of aromatic nitrogens is 4. The SMILES string of the molecule is CNc1cncc(Sc2nc(C)c(C)c(C)n2)n1. The van der Waals surface area contributed by atoms with Crippen molar-refractivity contribution in [1.29, 1.82) is 0 Å². The summed E-state index contributed by atoms with van der Waals surface area (Å²) in [7, 11) is 1.81. The van der Waals surface area contributed by atoms with E-state index in [-0.39, 0.29) is 0 Å². The lowest BCUT2D eigenvalue weighted by Gasteiger charge is -2.06. The number of nitrogens with one attached hydrogen (secondary N) is 1. The zero-order valence-electron chi connectivity index (χ0n) is 10.9. The Morgan fingerprint density at radius 1 is 1.00 bits per heavy atom. The molecule has 0 amide bonds. The smallest absolute Gasteiger partial charge is 0.194 e. The maximum absolute atomic E-state index is 4.45. The van der Waals surface area contributed by atoms with Crippen LogP contribution in [0.15, 0.2) is 22.6 Å². The van der Waals surface area contributed by atoms with E-state index < -0.39 is 0 Å². The highest BCUT2D eigenvalue weighted by atomic mass is 32.2. The van der Waals surface area contributed by atoms with E-state index in [4.69, 9.17) is 0 Å². The first-order valence-electron chi connectivity index (χ1n) is 5.59. The number of aryl methyl sites for hydroxylation is 2. The largest absolute Gasteiger partial charge is 0.372 e. The molecule has 1 N–H and O–H groups in total. The lowest BCUT2D eigenvalue weighted by molar-refractivity contribution is 0.877. The van der Waals surface area contributed by atoms with E-state index >= 15 is 0 Å². The molecule has 0 aliphatic rings. The van der Waals surface area contributed by atoms with Gasteiger partial charge in [0.05, 0.1) is 12.4 Å². The van der Waals surface area contributed by atoms with E-state index in [1.165, 1.54) is 11.8 Å². The van der Waals surface area contributed by atoms with Crippen LogP contribution in [0.5, 0.6) is 0 Å². The van der Waals surface area contributed by atoms with Gasteiger partial charge in [-0.3, -0.25) is 4.98 Å². The number of anilines is 1. The van der Waals surface area contributed by atoms with Crippen molar-refractivity contribution in [1.82, 2.24) is 19.9 Å². The molecule has 0 aliphatic carbocycles. The van der Waals surface area contributed by atoms with Crippen molar-refractivity contribution in [2.24, 2.45) is 0 Å². The van der Waals surface area contributed by atoms with Crippen LogP contribution >= 0.6 is 11.8 Å². The van der Waals surface area contributed by atoms with Crippen LogP contribution in [-0.2, 0) is 0 Å². The quantitative estimate of drug-likeness (QED) is 0.856. The van der Waals surface area contributed by atoms with Crippen LogP contribution in [0.2, 0.25) is 0 Å². The molecule has 0 saturated heterocycles. The molecule has 0 unspecified atom stereocenters. The minimum Gasteiger partial charge on any atom is -0.372 e. The molecule has 0 atom stereocenters. The molecule has 18 heavy (non-hydrogen) atoms. The molecule has 2 rings (SSSR count). The standard InChI is InChI=1S/C12H15N5S/c1-7-8(2)15-12(16-9(7)3)18-11-6-14-5-10(13-4)17-11/h5-6H,1-4H3,(H,13,17). The first-order valence-corrected chi connectivity index (χ1v) is 6.41. The lowest BCUT2D eigenvalue weighted by Crippen LogP contribution is -1.99. The van der Waals surface area contributed by atoms with Crippen LogP contribution < -0.4 is 5.32 Å². The molecule has 2 aromatic rings. The highest BCUT2D eigenvalue weighted by Gasteiger charge is 2.07. The van der Waals surface area contributed by atoms with Crippen molar-refractivity contribution in [3.8, 4) is 0 Å². The zero-order chi connectivity index (χ0) is 13.1. The Balaban J connectivity index is 2.28. The molecule has 0 aliphatic heterocycles. The Labute approximate surface area is 110 Å². The fraction of sp³-hybridized carbons (Fsp3) is 0.333. The van der Waals surface area contributed by atoms with E-state index in [1.54, 1.807) is 12.4 Å². The van der Waals surface area contributed by atoms with Crippen molar-refractivity contribution in [3.05, 3.63) is 29.3 Å². The topological polar surface area (TPSA) is 63.6 Å². The van der Waals surface area contributed by atoms with E-state index in [1.807, 2.05) is 27.8 Å². The highest BCUT2D eigenvalue weighted by Crippen LogP contribution is 2.24. The van der Waals surface area contributed by atoms with Crippen molar-refractivity contribution in [2.45, 2.75) is 31.0 Å². The Kier molecular flexibility index (Phi) is 3.76. The highest BCUT2D eigenvalue weighted by molar-refractivity contribution is 7.99. The summed E-state index contributed by atoms with van der Waals surface area (Å²) >= 11 is 1.42. The van der Waals surface area contributed by atoms with Crippen LogP contribution in [0.25, 0.3) is 0 Å². The molecule has 0 fully saturated rings. The van der Waals surface area contributed by atoms with Gasteiger partial charge in [-0.25, -0.2) is 15.0 Å². The number of hydrogen-bond acceptors (Lipinski definition) is 6. The average Bonchev–Trinajstić information content (AvgIpc) is 2.36. The van der Waals surface area contributed by atoms with Gasteiger partial charge in [-0.1, -0.05) is 0 Å². The Hall–Kier alpha value is -1.69. The number of hydrogen-bond donors (Lipinski definition) is 1.